The Balaban J connectivity index is 2.92. The van der Waals surface area contributed by atoms with Gasteiger partial charge in [0.2, 0.25) is 0 Å². The fourth-order valence-electron chi connectivity index (χ4n) is 0.0962. The molecule has 0 rings (SSSR count). The highest BCUT2D eigenvalue weighted by Gasteiger charge is 1.43. The van der Waals surface area contributed by atoms with Crippen LogP contribution in [0.2, 0.25) is 0 Å². The van der Waals surface area contributed by atoms with Crippen LogP contribution in [0.4, 0.5) is 0 Å². The highest BCUT2D eigenvalue weighted by Crippen LogP contribution is 1.62. The van der Waals surface area contributed by atoms with Crippen LogP contribution in [-0.4, -0.2) is 0 Å². The quantitative estimate of drug-likeness (QED) is 0.405. The van der Waals surface area contributed by atoms with Crippen molar-refractivity contribution in [3.8, 4) is 0 Å². The lowest BCUT2D eigenvalue weighted by Crippen LogP contribution is -1.35. The second-order valence-corrected chi connectivity index (χ2v) is 0.648. The molecule has 0 saturated carbocycles. The highest BCUT2D eigenvalue weighted by molar-refractivity contribution is 4.88. The van der Waals surface area contributed by atoms with Gasteiger partial charge in [0, 0.05) is 0 Å². The van der Waals surface area contributed by atoms with Crippen molar-refractivity contribution in [2.24, 2.45) is 0 Å². The van der Waals surface area contributed by atoms with Crippen molar-refractivity contribution in [3.63, 3.8) is 0 Å². The molecule has 0 saturated heterocycles. The van der Waals surface area contributed by atoms with Gasteiger partial charge < -0.3 is 0 Å². The molecule has 0 atom stereocenters. The maximum Gasteiger partial charge on any atom is -0.0395 e. The first-order valence-corrected chi connectivity index (χ1v) is 1.46. The lowest BCUT2D eigenvalue weighted by Gasteiger charge is -1.54. The third-order valence-electron chi connectivity index (χ3n) is 0.263. The first-order chi connectivity index (χ1) is 2.41. The van der Waals surface area contributed by atoms with E-state index in [1.807, 2.05) is 0 Å². The predicted octanol–water partition coefficient (Wildman–Crippen LogP) is 1.35. The molecule has 0 aliphatic carbocycles. The third-order valence-corrected chi connectivity index (χ3v) is 0.263. The zero-order chi connectivity index (χ0) is 4.12. The zero-order valence-electron chi connectivity index (χ0n) is 3.23. The largest absolute Gasteiger partial charge is 0.0623 e. The first kappa shape index (κ1) is 4.48. The Morgan fingerprint density at radius 1 is 1.80 bits per heavy atom. The minimum absolute atomic E-state index is 1.44. The molecule has 0 unspecified atom stereocenters. The Morgan fingerprint density at radius 3 is 2.40 bits per heavy atom. The van der Waals surface area contributed by atoms with E-state index in [4.69, 9.17) is 6.58 Å². The maximum absolute atomic E-state index is 4.90. The summed E-state index contributed by atoms with van der Waals surface area (Å²) >= 11 is 0. The van der Waals surface area contributed by atoms with Crippen molar-refractivity contribution < 1.29 is 0 Å². The fourth-order valence-corrected chi connectivity index (χ4v) is 0.0962. The number of rotatable bonds is 1. The summed E-state index contributed by atoms with van der Waals surface area (Å²) < 4.78 is 0. The van der Waals surface area contributed by atoms with Crippen molar-refractivity contribution in [1.29, 1.82) is 0 Å². The van der Waals surface area contributed by atoms with Crippen molar-refractivity contribution >= 4 is 0 Å². The van der Waals surface area contributed by atoms with Crippen molar-refractivity contribution in [2.45, 2.75) is 6.92 Å². The number of hydrogen-bond donors (Lipinski definition) is 0. The molecule has 5 heavy (non-hydrogen) atoms. The second-order valence-electron chi connectivity index (χ2n) is 0.648. The van der Waals surface area contributed by atoms with E-state index in [0.29, 0.717) is 0 Å². The zero-order valence-corrected chi connectivity index (χ0v) is 3.23. The lowest BCUT2D eigenvalue weighted by atomic mass is 10.5. The predicted molar refractivity (Wildman–Crippen MR) is 22.4 cm³/mol. The van der Waals surface area contributed by atoms with Crippen LogP contribution in [0, 0.1) is 12.7 Å². The standard InChI is InChI=1S/C5H6/c1-3-5-4-2/h1,3,5H,2H3. The molecule has 0 aliphatic heterocycles. The summed E-state index contributed by atoms with van der Waals surface area (Å²) in [5, 5.41) is 0. The van der Waals surface area contributed by atoms with E-state index in [1.54, 1.807) is 13.0 Å². The summed E-state index contributed by atoms with van der Waals surface area (Å²) in [5.74, 6) is 0. The van der Waals surface area contributed by atoms with E-state index < -0.39 is 0 Å². The van der Waals surface area contributed by atoms with E-state index >= 15 is 0 Å². The van der Waals surface area contributed by atoms with Crippen LogP contribution in [0.15, 0.2) is 12.2 Å². The maximum atomic E-state index is 4.90. The smallest absolute Gasteiger partial charge is 0.0395 e. The molecule has 0 fully saturated rings. The molecule has 0 aromatic heterocycles. The van der Waals surface area contributed by atoms with Gasteiger partial charge in [0.05, 0.1) is 0 Å². The number of allylic oxidation sites excluding steroid dienone is 3. The van der Waals surface area contributed by atoms with E-state index in [-0.39, 0.29) is 0 Å². The average molecular weight is 66.1 g/mol. The van der Waals surface area contributed by atoms with Gasteiger partial charge in [-0.3, -0.25) is 0 Å². The Kier molecular flexibility index (Phi) is 3.12. The molecule has 2 radical (unpaired) electrons. The Morgan fingerprint density at radius 2 is 2.40 bits per heavy atom. The normalized spacial score (nSPS) is 9.00. The molecule has 0 heterocycles. The van der Waals surface area contributed by atoms with Crippen molar-refractivity contribution in [1.82, 2.24) is 0 Å². The van der Waals surface area contributed by atoms with Crippen molar-refractivity contribution in [2.75, 3.05) is 0 Å². The molecule has 0 aromatic rings. The van der Waals surface area contributed by atoms with Crippen LogP contribution in [0.3, 0.4) is 0 Å². The molecule has 0 aromatic carbocycles. The average Bonchev–Trinajstić information content (AvgIpc) is 1.41. The van der Waals surface area contributed by atoms with E-state index in [1.165, 1.54) is 6.08 Å². The van der Waals surface area contributed by atoms with Gasteiger partial charge in [0.15, 0.2) is 0 Å². The minimum atomic E-state index is 1.44. The molecule has 26 valence electrons. The van der Waals surface area contributed by atoms with Crippen LogP contribution in [-0.2, 0) is 0 Å². The summed E-state index contributed by atoms with van der Waals surface area (Å²) in [6.07, 6.45) is 5.81. The van der Waals surface area contributed by atoms with E-state index in [0.717, 1.165) is 0 Å². The van der Waals surface area contributed by atoms with Crippen LogP contribution in [0.5, 0.6) is 0 Å². The molecule has 0 aliphatic rings. The summed E-state index contributed by atoms with van der Waals surface area (Å²) in [5.41, 5.74) is 0. The monoisotopic (exact) mass is 66.0 g/mol. The van der Waals surface area contributed by atoms with Gasteiger partial charge >= 0.3 is 0 Å². The fraction of sp³-hybridized carbons (Fsp3) is 0.200. The molecule has 0 bridgehead atoms. The Bertz CT molecular complexity index is 42.0. The van der Waals surface area contributed by atoms with E-state index in [2.05, 4.69) is 6.08 Å². The van der Waals surface area contributed by atoms with E-state index in [9.17, 15) is 0 Å². The van der Waals surface area contributed by atoms with Gasteiger partial charge in [-0.15, -0.1) is 0 Å². The van der Waals surface area contributed by atoms with Gasteiger partial charge in [-0.25, -0.2) is 0 Å². The van der Waals surface area contributed by atoms with Crippen LogP contribution in [0.1, 0.15) is 6.92 Å². The molecule has 0 nitrogen and oxygen atoms in total. The first-order valence-electron chi connectivity index (χ1n) is 1.46. The Labute approximate surface area is 32.8 Å². The summed E-state index contributed by atoms with van der Waals surface area (Å²) in [6, 6.07) is 0. The van der Waals surface area contributed by atoms with Crippen molar-refractivity contribution in [3.05, 3.63) is 24.8 Å². The Hall–Kier alpha value is -0.520. The van der Waals surface area contributed by atoms with Gasteiger partial charge in [-0.1, -0.05) is 18.7 Å². The summed E-state index contributed by atoms with van der Waals surface area (Å²) in [4.78, 5) is 0. The summed E-state index contributed by atoms with van der Waals surface area (Å²) in [7, 11) is 0. The van der Waals surface area contributed by atoms with Gasteiger partial charge in [-0.05, 0) is 13.0 Å². The SMILES string of the molecule is [CH]=C/C=[C]\C. The highest BCUT2D eigenvalue weighted by atomic mass is 13.5. The van der Waals surface area contributed by atoms with Crippen LogP contribution >= 0.6 is 0 Å². The molecule has 0 amide bonds. The molecule has 0 spiro atoms. The van der Waals surface area contributed by atoms with Gasteiger partial charge in [-0.2, -0.15) is 0 Å². The topological polar surface area (TPSA) is 0 Å². The molecule has 0 heteroatoms. The minimum Gasteiger partial charge on any atom is -0.0623 e. The molecular weight excluding hydrogens is 60.1 g/mol. The summed E-state index contributed by atoms with van der Waals surface area (Å²) in [6.45, 7) is 6.69. The molecule has 0 N–H and O–H groups in total. The number of hydrogen-bond acceptors (Lipinski definition) is 0. The van der Waals surface area contributed by atoms with Crippen LogP contribution in [0.25, 0.3) is 0 Å². The van der Waals surface area contributed by atoms with Gasteiger partial charge in [0.1, 0.15) is 0 Å². The lowest BCUT2D eigenvalue weighted by molar-refractivity contribution is 1.65. The second kappa shape index (κ2) is 3.48. The third kappa shape index (κ3) is 3.48. The van der Waals surface area contributed by atoms with Crippen LogP contribution < -0.4 is 0 Å². The van der Waals surface area contributed by atoms with Gasteiger partial charge in [0.25, 0.3) is 0 Å². The molecular formula is C5H6.